The van der Waals surface area contributed by atoms with E-state index in [1.54, 1.807) is 6.92 Å². The molecule has 0 heterocycles. The maximum Gasteiger partial charge on any atom is 0.326 e. The van der Waals surface area contributed by atoms with Gasteiger partial charge in [0.15, 0.2) is 0 Å². The number of carbonyl (C=O) groups excluding carboxylic acids is 4. The van der Waals surface area contributed by atoms with Gasteiger partial charge in [0, 0.05) is 12.8 Å². The highest BCUT2D eigenvalue weighted by molar-refractivity contribution is 5.91. The van der Waals surface area contributed by atoms with Gasteiger partial charge in [-0.25, -0.2) is 4.79 Å². The van der Waals surface area contributed by atoms with Gasteiger partial charge in [0.05, 0.1) is 0 Å². The minimum atomic E-state index is -1.46. The number of hydrogen-bond donors (Lipinski definition) is 8. The highest BCUT2D eigenvalue weighted by atomic mass is 16.4. The molecule has 0 aromatic heterocycles. The average molecular weight is 532 g/mol. The summed E-state index contributed by atoms with van der Waals surface area (Å²) in [5, 5.41) is 36.5. The van der Waals surface area contributed by atoms with E-state index in [9.17, 15) is 38.7 Å². The molecule has 0 spiro atoms. The fraction of sp³-hybridized carbons (Fsp3) is 0.682. The Kier molecular flexibility index (Phi) is 15.1. The molecule has 210 valence electrons. The van der Waals surface area contributed by atoms with Gasteiger partial charge in [-0.1, -0.05) is 6.92 Å². The van der Waals surface area contributed by atoms with Crippen LogP contribution in [0.15, 0.2) is 0 Å². The van der Waals surface area contributed by atoms with Crippen LogP contribution in [0.5, 0.6) is 0 Å². The number of carbonyl (C=O) groups is 7. The molecule has 0 saturated heterocycles. The third kappa shape index (κ3) is 13.8. The van der Waals surface area contributed by atoms with E-state index < -0.39 is 72.3 Å². The first-order valence-corrected chi connectivity index (χ1v) is 11.8. The number of hydrogen-bond acceptors (Lipinski definition) is 8. The number of nitrogens with two attached hydrogens (primary N) is 1. The monoisotopic (exact) mass is 531 g/mol. The summed E-state index contributed by atoms with van der Waals surface area (Å²) in [6, 6.07) is -6.15. The molecule has 0 bridgehead atoms. The van der Waals surface area contributed by atoms with Crippen LogP contribution in [0.1, 0.15) is 65.7 Å². The predicted molar refractivity (Wildman–Crippen MR) is 128 cm³/mol. The van der Waals surface area contributed by atoms with E-state index in [1.165, 1.54) is 13.8 Å². The zero-order valence-electron chi connectivity index (χ0n) is 21.1. The number of nitrogens with one attached hydrogen (secondary N) is 4. The van der Waals surface area contributed by atoms with Crippen LogP contribution in [0.4, 0.5) is 0 Å². The van der Waals surface area contributed by atoms with Crippen molar-refractivity contribution in [2.24, 2.45) is 5.73 Å². The molecule has 5 atom stereocenters. The van der Waals surface area contributed by atoms with Gasteiger partial charge in [-0.3, -0.25) is 28.8 Å². The summed E-state index contributed by atoms with van der Waals surface area (Å²) in [5.41, 5.74) is 5.43. The van der Waals surface area contributed by atoms with Gasteiger partial charge < -0.3 is 42.3 Å². The number of rotatable bonds is 18. The number of aliphatic carboxylic acids is 3. The van der Waals surface area contributed by atoms with Crippen LogP contribution in [0.3, 0.4) is 0 Å². The van der Waals surface area contributed by atoms with Crippen LogP contribution < -0.4 is 27.0 Å². The molecule has 15 nitrogen and oxygen atoms in total. The van der Waals surface area contributed by atoms with Crippen molar-refractivity contribution in [3.63, 3.8) is 0 Å². The summed E-state index contributed by atoms with van der Waals surface area (Å²) in [4.78, 5) is 82.3. The Morgan fingerprint density at radius 1 is 0.649 bits per heavy atom. The first kappa shape index (κ1) is 33.2. The highest BCUT2D eigenvalue weighted by Gasteiger charge is 2.27. The van der Waals surface area contributed by atoms with Crippen molar-refractivity contribution >= 4 is 41.5 Å². The standard InChI is InChI=1S/C22H37N5O10/c1-4-6-16(28)24-11(2)18(30)27-15(22(36)37)9-10-17(29)26-14(8-5-7-13(23)21(34)35)19(31)25-12(3)20(32)33/h11-15H,4-10,23H2,1-3H3,(H,24,28)(H,25,31)(H,26,29)(H,27,30)(H,32,33)(H,34,35)(H,36,37)/t11-,12-,13-,14+,15-/m0/s1. The molecular formula is C22H37N5O10. The van der Waals surface area contributed by atoms with Crippen molar-refractivity contribution in [2.75, 3.05) is 0 Å². The Labute approximate surface area is 213 Å². The van der Waals surface area contributed by atoms with Crippen LogP contribution in [-0.4, -0.2) is 87.1 Å². The van der Waals surface area contributed by atoms with Crippen molar-refractivity contribution in [3.8, 4) is 0 Å². The molecule has 0 aliphatic heterocycles. The molecular weight excluding hydrogens is 494 g/mol. The van der Waals surface area contributed by atoms with Crippen LogP contribution in [0.25, 0.3) is 0 Å². The molecule has 0 aliphatic carbocycles. The van der Waals surface area contributed by atoms with Crippen LogP contribution in [0, 0.1) is 0 Å². The fourth-order valence-electron chi connectivity index (χ4n) is 3.01. The number of carboxylic acid groups (broad SMARTS) is 3. The van der Waals surface area contributed by atoms with Crippen molar-refractivity contribution in [2.45, 2.75) is 95.9 Å². The SMILES string of the molecule is CCCC(=O)N[C@@H](C)C(=O)N[C@@H](CCC(=O)N[C@H](CCC[C@H](N)C(=O)O)C(=O)N[C@@H](C)C(=O)O)C(=O)O. The van der Waals surface area contributed by atoms with E-state index in [-0.39, 0.29) is 38.0 Å². The summed E-state index contributed by atoms with van der Waals surface area (Å²) in [6.07, 6.45) is 0.0499. The quantitative estimate of drug-likeness (QED) is 0.0988. The van der Waals surface area contributed by atoms with E-state index in [0.29, 0.717) is 6.42 Å². The summed E-state index contributed by atoms with van der Waals surface area (Å²) in [7, 11) is 0. The summed E-state index contributed by atoms with van der Waals surface area (Å²) >= 11 is 0. The van der Waals surface area contributed by atoms with Crippen molar-refractivity contribution in [3.05, 3.63) is 0 Å². The third-order valence-corrected chi connectivity index (χ3v) is 5.23. The first-order valence-electron chi connectivity index (χ1n) is 11.8. The van der Waals surface area contributed by atoms with Crippen molar-refractivity contribution < 1.29 is 48.9 Å². The molecule has 9 N–H and O–H groups in total. The molecule has 0 aliphatic rings. The average Bonchev–Trinajstić information content (AvgIpc) is 2.80. The Bertz CT molecular complexity index is 850. The highest BCUT2D eigenvalue weighted by Crippen LogP contribution is 2.07. The van der Waals surface area contributed by atoms with E-state index in [1.807, 2.05) is 0 Å². The smallest absolute Gasteiger partial charge is 0.326 e. The summed E-state index contributed by atoms with van der Waals surface area (Å²) < 4.78 is 0. The van der Waals surface area contributed by atoms with Gasteiger partial charge in [0.2, 0.25) is 23.6 Å². The molecule has 0 saturated carbocycles. The normalized spacial score (nSPS) is 14.7. The summed E-state index contributed by atoms with van der Waals surface area (Å²) in [6.45, 7) is 4.37. The molecule has 0 fully saturated rings. The lowest BCUT2D eigenvalue weighted by Crippen LogP contribution is -2.52. The van der Waals surface area contributed by atoms with Gasteiger partial charge >= 0.3 is 17.9 Å². The largest absolute Gasteiger partial charge is 0.480 e. The Morgan fingerprint density at radius 3 is 1.76 bits per heavy atom. The lowest BCUT2D eigenvalue weighted by molar-refractivity contribution is -0.142. The Hall–Kier alpha value is -3.75. The van der Waals surface area contributed by atoms with E-state index in [0.717, 1.165) is 0 Å². The Morgan fingerprint density at radius 2 is 1.24 bits per heavy atom. The van der Waals surface area contributed by atoms with Crippen molar-refractivity contribution in [1.29, 1.82) is 0 Å². The molecule has 0 radical (unpaired) electrons. The molecule has 37 heavy (non-hydrogen) atoms. The van der Waals surface area contributed by atoms with Gasteiger partial charge in [-0.15, -0.1) is 0 Å². The van der Waals surface area contributed by atoms with E-state index in [2.05, 4.69) is 21.3 Å². The molecule has 0 unspecified atom stereocenters. The minimum absolute atomic E-state index is 0.0104. The second-order valence-corrected chi connectivity index (χ2v) is 8.54. The van der Waals surface area contributed by atoms with Gasteiger partial charge in [0.1, 0.15) is 30.2 Å². The van der Waals surface area contributed by atoms with Crippen LogP contribution in [-0.2, 0) is 33.6 Å². The topological polar surface area (TPSA) is 254 Å². The molecule has 15 heteroatoms. The zero-order chi connectivity index (χ0) is 28.7. The number of carboxylic acids is 3. The second kappa shape index (κ2) is 16.8. The van der Waals surface area contributed by atoms with Gasteiger partial charge in [-0.05, 0) is 46.0 Å². The lowest BCUT2D eigenvalue weighted by Gasteiger charge is -2.21. The molecule has 0 aromatic rings. The lowest BCUT2D eigenvalue weighted by atomic mass is 10.0. The Balaban J connectivity index is 5.11. The maximum absolute atomic E-state index is 12.5. The molecule has 4 amide bonds. The van der Waals surface area contributed by atoms with Crippen molar-refractivity contribution in [1.82, 2.24) is 21.3 Å². The van der Waals surface area contributed by atoms with E-state index >= 15 is 0 Å². The van der Waals surface area contributed by atoms with Crippen LogP contribution >= 0.6 is 0 Å². The molecule has 0 aromatic carbocycles. The fourth-order valence-corrected chi connectivity index (χ4v) is 3.01. The maximum atomic E-state index is 12.5. The second-order valence-electron chi connectivity index (χ2n) is 8.54. The third-order valence-electron chi connectivity index (χ3n) is 5.23. The molecule has 0 rings (SSSR count). The first-order chi connectivity index (χ1) is 17.2. The predicted octanol–water partition coefficient (Wildman–Crippen LogP) is -1.70. The summed E-state index contributed by atoms with van der Waals surface area (Å²) in [5.74, 6) is -6.69. The van der Waals surface area contributed by atoms with Crippen LogP contribution in [0.2, 0.25) is 0 Å². The number of amides is 4. The zero-order valence-corrected chi connectivity index (χ0v) is 21.1. The minimum Gasteiger partial charge on any atom is -0.480 e. The van der Waals surface area contributed by atoms with Gasteiger partial charge in [-0.2, -0.15) is 0 Å². The van der Waals surface area contributed by atoms with Gasteiger partial charge in [0.25, 0.3) is 0 Å². The van der Waals surface area contributed by atoms with E-state index in [4.69, 9.17) is 15.9 Å².